The molecule has 0 radical (unpaired) electrons. The van der Waals surface area contributed by atoms with E-state index in [4.69, 9.17) is 13.9 Å². The highest BCUT2D eigenvalue weighted by molar-refractivity contribution is 7.98. The maximum absolute atomic E-state index is 11.5. The van der Waals surface area contributed by atoms with Crippen molar-refractivity contribution in [2.24, 2.45) is 0 Å². The molecule has 3 rings (SSSR count). The van der Waals surface area contributed by atoms with Crippen LogP contribution in [0.3, 0.4) is 0 Å². The van der Waals surface area contributed by atoms with E-state index in [1.54, 1.807) is 21.1 Å². The van der Waals surface area contributed by atoms with Gasteiger partial charge in [0.25, 0.3) is 5.56 Å². The Morgan fingerprint density at radius 2 is 2.00 bits per heavy atom. The number of benzene rings is 1. The van der Waals surface area contributed by atoms with Crippen LogP contribution in [-0.4, -0.2) is 29.2 Å². The Balaban J connectivity index is 1.87. The number of aromatic nitrogens is 3. The minimum absolute atomic E-state index is 0.168. The van der Waals surface area contributed by atoms with Gasteiger partial charge in [-0.1, -0.05) is 17.8 Å². The molecule has 26 heavy (non-hydrogen) atoms. The van der Waals surface area contributed by atoms with E-state index < -0.39 is 0 Å². The van der Waals surface area contributed by atoms with Crippen LogP contribution < -0.4 is 15.0 Å². The molecule has 0 saturated heterocycles. The van der Waals surface area contributed by atoms with Crippen LogP contribution in [0.25, 0.3) is 11.5 Å². The molecule has 0 spiro atoms. The predicted octanol–water partition coefficient (Wildman–Crippen LogP) is 3.35. The molecule has 0 aliphatic heterocycles. The molecule has 1 aromatic carbocycles. The molecule has 0 aliphatic carbocycles. The molecule has 0 atom stereocenters. The number of thioether (sulfide) groups is 1. The number of hydrogen-bond acceptors (Lipinski definition) is 7. The highest BCUT2D eigenvalue weighted by atomic mass is 32.2. The number of nitrogens with zero attached hydrogens (tertiary/aromatic N) is 2. The first kappa shape index (κ1) is 18.1. The lowest BCUT2D eigenvalue weighted by Gasteiger charge is -2.09. The first-order chi connectivity index (χ1) is 12.5. The molecule has 136 valence electrons. The van der Waals surface area contributed by atoms with Gasteiger partial charge in [0.05, 0.1) is 25.5 Å². The summed E-state index contributed by atoms with van der Waals surface area (Å²) in [7, 11) is 3.16. The lowest BCUT2D eigenvalue weighted by Crippen LogP contribution is -2.08. The van der Waals surface area contributed by atoms with Gasteiger partial charge in [-0.25, -0.2) is 9.97 Å². The third-order valence-corrected chi connectivity index (χ3v) is 4.60. The van der Waals surface area contributed by atoms with Crippen molar-refractivity contribution in [2.45, 2.75) is 24.8 Å². The van der Waals surface area contributed by atoms with E-state index in [9.17, 15) is 4.79 Å². The zero-order valence-corrected chi connectivity index (χ0v) is 15.8. The number of aromatic amines is 1. The fourth-order valence-electron chi connectivity index (χ4n) is 2.49. The summed E-state index contributed by atoms with van der Waals surface area (Å²) in [6, 6.07) is 6.99. The van der Waals surface area contributed by atoms with Gasteiger partial charge in [0.15, 0.2) is 16.7 Å². The average Bonchev–Trinajstić information content (AvgIpc) is 2.99. The number of aryl methyl sites for hydroxylation is 2. The largest absolute Gasteiger partial charge is 0.493 e. The minimum Gasteiger partial charge on any atom is -0.493 e. The molecule has 0 fully saturated rings. The van der Waals surface area contributed by atoms with Crippen LogP contribution in [0.15, 0.2) is 38.6 Å². The third kappa shape index (κ3) is 3.75. The zero-order valence-electron chi connectivity index (χ0n) is 15.0. The number of para-hydroxylation sites is 1. The van der Waals surface area contributed by atoms with Gasteiger partial charge in [0.2, 0.25) is 5.89 Å². The SMILES string of the molecule is COc1cccc(-c2nc(CSc3nc(C)cc(=O)[nH]3)c(C)o2)c1OC. The number of oxazole rings is 1. The second-order valence-corrected chi connectivity index (χ2v) is 6.51. The van der Waals surface area contributed by atoms with E-state index in [1.165, 1.54) is 17.8 Å². The topological polar surface area (TPSA) is 90.2 Å². The Labute approximate surface area is 154 Å². The minimum atomic E-state index is -0.168. The van der Waals surface area contributed by atoms with Gasteiger partial charge in [-0.15, -0.1) is 0 Å². The van der Waals surface area contributed by atoms with Crippen molar-refractivity contribution in [2.75, 3.05) is 14.2 Å². The number of ether oxygens (including phenoxy) is 2. The van der Waals surface area contributed by atoms with Crippen molar-refractivity contribution in [1.82, 2.24) is 15.0 Å². The van der Waals surface area contributed by atoms with E-state index in [0.717, 1.165) is 5.69 Å². The lowest BCUT2D eigenvalue weighted by molar-refractivity contribution is 0.355. The summed E-state index contributed by atoms with van der Waals surface area (Å²) >= 11 is 1.40. The molecule has 0 aliphatic rings. The second-order valence-electron chi connectivity index (χ2n) is 5.54. The molecular formula is C18H19N3O4S. The van der Waals surface area contributed by atoms with E-state index >= 15 is 0 Å². The molecule has 0 amide bonds. The summed E-state index contributed by atoms with van der Waals surface area (Å²) < 4.78 is 16.6. The molecule has 3 aromatic rings. The first-order valence-electron chi connectivity index (χ1n) is 7.90. The van der Waals surface area contributed by atoms with Crippen LogP contribution in [0.2, 0.25) is 0 Å². The molecular weight excluding hydrogens is 354 g/mol. The summed E-state index contributed by atoms with van der Waals surface area (Å²) in [5.41, 5.74) is 2.00. The van der Waals surface area contributed by atoms with Gasteiger partial charge in [-0.3, -0.25) is 4.79 Å². The summed E-state index contributed by atoms with van der Waals surface area (Å²) in [6.45, 7) is 3.64. The fourth-order valence-corrected chi connectivity index (χ4v) is 3.41. The molecule has 1 N–H and O–H groups in total. The smallest absolute Gasteiger partial charge is 0.251 e. The van der Waals surface area contributed by atoms with Gasteiger partial charge in [0, 0.05) is 17.5 Å². The number of rotatable bonds is 6. The third-order valence-electron chi connectivity index (χ3n) is 3.72. The monoisotopic (exact) mass is 373 g/mol. The zero-order chi connectivity index (χ0) is 18.7. The van der Waals surface area contributed by atoms with Crippen molar-refractivity contribution < 1.29 is 13.9 Å². The second kappa shape index (κ2) is 7.65. The van der Waals surface area contributed by atoms with E-state index in [0.29, 0.717) is 45.3 Å². The molecule has 8 heteroatoms. The number of methoxy groups -OCH3 is 2. The Morgan fingerprint density at radius 3 is 2.69 bits per heavy atom. The fraction of sp³-hybridized carbons (Fsp3) is 0.278. The van der Waals surface area contributed by atoms with E-state index in [-0.39, 0.29) is 5.56 Å². The molecule has 2 heterocycles. The Hall–Kier alpha value is -2.74. The molecule has 0 unspecified atom stereocenters. The summed E-state index contributed by atoms with van der Waals surface area (Å²) in [5, 5.41) is 0.554. The lowest BCUT2D eigenvalue weighted by atomic mass is 10.2. The van der Waals surface area contributed by atoms with Gasteiger partial charge < -0.3 is 18.9 Å². The normalized spacial score (nSPS) is 10.8. The van der Waals surface area contributed by atoms with Gasteiger partial charge in [-0.2, -0.15) is 0 Å². The van der Waals surface area contributed by atoms with Gasteiger partial charge in [0.1, 0.15) is 5.76 Å². The molecule has 0 saturated carbocycles. The van der Waals surface area contributed by atoms with Crippen LogP contribution in [0, 0.1) is 13.8 Å². The highest BCUT2D eigenvalue weighted by Gasteiger charge is 2.18. The van der Waals surface area contributed by atoms with E-state index in [1.807, 2.05) is 25.1 Å². The Morgan fingerprint density at radius 1 is 1.19 bits per heavy atom. The maximum atomic E-state index is 11.5. The standard InChI is InChI=1S/C18H19N3O4S/c1-10-8-15(22)21-18(19-10)26-9-13-11(2)25-17(20-13)12-6-5-7-14(23-3)16(12)24-4/h5-8H,9H2,1-4H3,(H,19,21,22). The van der Waals surface area contributed by atoms with Crippen LogP contribution in [0.5, 0.6) is 11.5 Å². The first-order valence-corrected chi connectivity index (χ1v) is 8.88. The maximum Gasteiger partial charge on any atom is 0.251 e. The van der Waals surface area contributed by atoms with Gasteiger partial charge >= 0.3 is 0 Å². The summed E-state index contributed by atoms with van der Waals surface area (Å²) in [6.07, 6.45) is 0. The Kier molecular flexibility index (Phi) is 5.32. The number of nitrogens with one attached hydrogen (secondary N) is 1. The quantitative estimate of drug-likeness (QED) is 0.523. The summed E-state index contributed by atoms with van der Waals surface area (Å²) in [4.78, 5) is 23.1. The summed E-state index contributed by atoms with van der Waals surface area (Å²) in [5.74, 6) is 2.86. The molecule has 2 aromatic heterocycles. The van der Waals surface area contributed by atoms with Crippen molar-refractivity contribution >= 4 is 11.8 Å². The van der Waals surface area contributed by atoms with Crippen molar-refractivity contribution in [3.05, 3.63) is 51.8 Å². The predicted molar refractivity (Wildman–Crippen MR) is 98.9 cm³/mol. The van der Waals surface area contributed by atoms with Crippen LogP contribution in [0.1, 0.15) is 17.1 Å². The molecule has 0 bridgehead atoms. The van der Waals surface area contributed by atoms with Crippen molar-refractivity contribution in [1.29, 1.82) is 0 Å². The highest BCUT2D eigenvalue weighted by Crippen LogP contribution is 2.38. The average molecular weight is 373 g/mol. The van der Waals surface area contributed by atoms with Crippen LogP contribution >= 0.6 is 11.8 Å². The van der Waals surface area contributed by atoms with E-state index in [2.05, 4.69) is 15.0 Å². The van der Waals surface area contributed by atoms with Crippen LogP contribution in [0.4, 0.5) is 0 Å². The number of H-pyrrole nitrogens is 1. The number of hydrogen-bond donors (Lipinski definition) is 1. The van der Waals surface area contributed by atoms with Crippen molar-refractivity contribution in [3.8, 4) is 23.0 Å². The van der Waals surface area contributed by atoms with Crippen molar-refractivity contribution in [3.63, 3.8) is 0 Å². The molecule has 7 nitrogen and oxygen atoms in total. The Bertz CT molecular complexity index is 981. The van der Waals surface area contributed by atoms with Crippen LogP contribution in [-0.2, 0) is 5.75 Å². The van der Waals surface area contributed by atoms with Gasteiger partial charge in [-0.05, 0) is 26.0 Å².